The van der Waals surface area contributed by atoms with Gasteiger partial charge in [-0.25, -0.2) is 0 Å². The van der Waals surface area contributed by atoms with Gasteiger partial charge in [0.15, 0.2) is 8.32 Å². The Morgan fingerprint density at radius 1 is 1.38 bits per heavy atom. The van der Waals surface area contributed by atoms with Crippen LogP contribution in [0.15, 0.2) is 11.6 Å². The number of carbonyl (C=O) groups excluding carboxylic acids is 2. The molecule has 1 aliphatic heterocycles. The predicted octanol–water partition coefficient (Wildman–Crippen LogP) is 3.80. The van der Waals surface area contributed by atoms with Crippen molar-refractivity contribution in [1.29, 1.82) is 0 Å². The second kappa shape index (κ2) is 7.85. The van der Waals surface area contributed by atoms with E-state index in [1.54, 1.807) is 0 Å². The lowest BCUT2D eigenvalue weighted by Crippen LogP contribution is -2.64. The fourth-order valence-electron chi connectivity index (χ4n) is 3.53. The minimum atomic E-state index is -1.92. The van der Waals surface area contributed by atoms with Crippen LogP contribution in [-0.2, 0) is 18.8 Å². The van der Waals surface area contributed by atoms with Crippen molar-refractivity contribution in [3.63, 3.8) is 0 Å². The van der Waals surface area contributed by atoms with Crippen molar-refractivity contribution >= 4 is 20.2 Å². The molecule has 5 nitrogen and oxygen atoms in total. The summed E-state index contributed by atoms with van der Waals surface area (Å²) in [5, 5.41) is 3.17. The molecule has 0 aromatic heterocycles. The number of hydrogen-bond donors (Lipinski definition) is 1. The highest BCUT2D eigenvalue weighted by Gasteiger charge is 2.48. The number of hydrogen-bond acceptors (Lipinski definition) is 4. The van der Waals surface area contributed by atoms with Crippen LogP contribution in [0.25, 0.3) is 0 Å². The lowest BCUT2D eigenvalue weighted by atomic mass is 9.76. The molecule has 26 heavy (non-hydrogen) atoms. The highest BCUT2D eigenvalue weighted by molar-refractivity contribution is 6.74. The van der Waals surface area contributed by atoms with Gasteiger partial charge in [0.2, 0.25) is 5.91 Å². The van der Waals surface area contributed by atoms with E-state index in [1.165, 1.54) is 5.57 Å². The van der Waals surface area contributed by atoms with E-state index >= 15 is 0 Å². The van der Waals surface area contributed by atoms with Crippen LogP contribution in [-0.4, -0.2) is 38.9 Å². The third-order valence-corrected chi connectivity index (χ3v) is 10.8. The van der Waals surface area contributed by atoms with Crippen molar-refractivity contribution < 1.29 is 18.8 Å². The topological polar surface area (TPSA) is 64.6 Å². The Bertz CT molecular complexity index is 579. The van der Waals surface area contributed by atoms with Gasteiger partial charge in [-0.15, -0.1) is 0 Å². The Morgan fingerprint density at radius 3 is 2.50 bits per heavy atom. The molecule has 1 heterocycles. The van der Waals surface area contributed by atoms with E-state index in [2.05, 4.69) is 45.3 Å². The summed E-state index contributed by atoms with van der Waals surface area (Å²) in [6, 6.07) is 0.0467. The van der Waals surface area contributed by atoms with Crippen molar-refractivity contribution in [3.05, 3.63) is 11.6 Å². The number of allylic oxidation sites excluding steroid dienone is 1. The molecule has 148 valence electrons. The number of amides is 1. The van der Waals surface area contributed by atoms with Gasteiger partial charge in [-0.3, -0.25) is 9.59 Å². The van der Waals surface area contributed by atoms with Gasteiger partial charge in [0.25, 0.3) is 0 Å². The second-order valence-corrected chi connectivity index (χ2v) is 13.9. The number of rotatable bonds is 6. The average molecular weight is 382 g/mol. The molecule has 0 saturated carbocycles. The zero-order valence-corrected chi connectivity index (χ0v) is 18.3. The van der Waals surface area contributed by atoms with Crippen molar-refractivity contribution in [3.8, 4) is 0 Å². The summed E-state index contributed by atoms with van der Waals surface area (Å²) in [5.41, 5.74) is 1.24. The van der Waals surface area contributed by atoms with E-state index in [-0.39, 0.29) is 40.9 Å². The molecule has 2 rings (SSSR count). The molecule has 0 aromatic carbocycles. The highest BCUT2D eigenvalue weighted by atomic mass is 28.4. The summed E-state index contributed by atoms with van der Waals surface area (Å²) in [7, 11) is -1.92. The first-order valence-corrected chi connectivity index (χ1v) is 12.7. The van der Waals surface area contributed by atoms with Crippen LogP contribution in [0.4, 0.5) is 0 Å². The molecule has 2 aliphatic rings. The lowest BCUT2D eigenvalue weighted by molar-refractivity contribution is -0.148. The molecule has 1 unspecified atom stereocenters. The number of nitrogens with one attached hydrogen (secondary N) is 1. The Hall–Kier alpha value is -1.14. The first-order valence-electron chi connectivity index (χ1n) is 9.81. The van der Waals surface area contributed by atoms with Gasteiger partial charge in [0, 0.05) is 0 Å². The van der Waals surface area contributed by atoms with E-state index < -0.39 is 8.32 Å². The Morgan fingerprint density at radius 2 is 2.04 bits per heavy atom. The molecule has 1 aliphatic carbocycles. The van der Waals surface area contributed by atoms with Crippen molar-refractivity contribution in [1.82, 2.24) is 5.32 Å². The summed E-state index contributed by atoms with van der Waals surface area (Å²) in [5.74, 6) is -0.204. The molecular weight excluding hydrogens is 346 g/mol. The van der Waals surface area contributed by atoms with Crippen LogP contribution in [0.3, 0.4) is 0 Å². The van der Waals surface area contributed by atoms with E-state index in [1.807, 2.05) is 13.8 Å². The molecule has 0 spiro atoms. The molecule has 1 N–H and O–H groups in total. The van der Waals surface area contributed by atoms with Gasteiger partial charge in [-0.05, 0) is 51.2 Å². The maximum atomic E-state index is 12.2. The van der Waals surface area contributed by atoms with Crippen molar-refractivity contribution in [2.24, 2.45) is 11.8 Å². The van der Waals surface area contributed by atoms with Crippen LogP contribution in [0.5, 0.6) is 0 Å². The van der Waals surface area contributed by atoms with Crippen LogP contribution in [0.2, 0.25) is 18.1 Å². The van der Waals surface area contributed by atoms with Gasteiger partial charge in [0.1, 0.15) is 0 Å². The van der Waals surface area contributed by atoms with Crippen molar-refractivity contribution in [2.75, 3.05) is 6.61 Å². The minimum absolute atomic E-state index is 0.0467. The molecule has 1 amide bonds. The maximum absolute atomic E-state index is 12.2. The lowest BCUT2D eigenvalue weighted by Gasteiger charge is -2.46. The van der Waals surface area contributed by atoms with E-state index in [0.717, 1.165) is 12.8 Å². The highest BCUT2D eigenvalue weighted by Crippen LogP contribution is 2.40. The van der Waals surface area contributed by atoms with Gasteiger partial charge in [0.05, 0.1) is 30.6 Å². The van der Waals surface area contributed by atoms with E-state index in [0.29, 0.717) is 13.0 Å². The normalized spacial score (nSPS) is 27.9. The summed E-state index contributed by atoms with van der Waals surface area (Å²) in [6.45, 7) is 15.4. The van der Waals surface area contributed by atoms with Crippen LogP contribution in [0.1, 0.15) is 53.9 Å². The first-order chi connectivity index (χ1) is 12.0. The predicted molar refractivity (Wildman–Crippen MR) is 105 cm³/mol. The fourth-order valence-corrected chi connectivity index (χ4v) is 4.96. The summed E-state index contributed by atoms with van der Waals surface area (Å²) in [6.07, 6.45) is 4.35. The molecule has 6 heteroatoms. The smallest absolute Gasteiger partial charge is 0.309 e. The number of β-lactam (4-membered cyclic amide) rings is 1. The Kier molecular flexibility index (Phi) is 6.39. The van der Waals surface area contributed by atoms with Crippen LogP contribution >= 0.6 is 0 Å². The summed E-state index contributed by atoms with van der Waals surface area (Å²) < 4.78 is 11.6. The van der Waals surface area contributed by atoms with Crippen LogP contribution < -0.4 is 5.32 Å². The average Bonchev–Trinajstić information content (AvgIpc) is 2.51. The Balaban J connectivity index is 2.01. The fraction of sp³-hybridized carbons (Fsp3) is 0.800. The maximum Gasteiger partial charge on any atom is 0.309 e. The number of esters is 1. The largest absolute Gasteiger partial charge is 0.466 e. The van der Waals surface area contributed by atoms with Crippen molar-refractivity contribution in [2.45, 2.75) is 84.2 Å². The number of carbonyl (C=O) groups is 2. The molecule has 0 radical (unpaired) electrons. The summed E-state index contributed by atoms with van der Waals surface area (Å²) in [4.78, 5) is 24.1. The monoisotopic (exact) mass is 381 g/mol. The quantitative estimate of drug-likeness (QED) is 0.329. The molecule has 0 bridgehead atoms. The van der Waals surface area contributed by atoms with E-state index in [4.69, 9.17) is 9.16 Å². The second-order valence-electron chi connectivity index (χ2n) is 9.10. The van der Waals surface area contributed by atoms with Gasteiger partial charge in [-0.1, -0.05) is 32.4 Å². The molecular formula is C20H35NO4Si. The zero-order chi connectivity index (χ0) is 19.7. The van der Waals surface area contributed by atoms with Gasteiger partial charge >= 0.3 is 5.97 Å². The molecule has 1 fully saturated rings. The Labute approximate surface area is 159 Å². The summed E-state index contributed by atoms with van der Waals surface area (Å²) >= 11 is 0. The zero-order valence-electron chi connectivity index (χ0n) is 17.3. The molecule has 4 atom stereocenters. The third-order valence-electron chi connectivity index (χ3n) is 6.22. The number of ether oxygens (including phenoxy) is 1. The minimum Gasteiger partial charge on any atom is -0.466 e. The third kappa shape index (κ3) is 4.39. The van der Waals surface area contributed by atoms with Gasteiger partial charge < -0.3 is 14.5 Å². The molecule has 0 aromatic rings. The SMILES string of the molecule is CCOC(=O)C1CC=C([C@H]2NC(=O)[C@@H]2[C@H](C)O[Si](C)(C)C(C)(C)C)CC1. The van der Waals surface area contributed by atoms with E-state index in [9.17, 15) is 9.59 Å². The van der Waals surface area contributed by atoms with Gasteiger partial charge in [-0.2, -0.15) is 0 Å². The molecule has 1 saturated heterocycles. The van der Waals surface area contributed by atoms with Crippen LogP contribution in [0, 0.1) is 11.8 Å². The standard InChI is InChI=1S/C20H35NO4Si/c1-8-24-19(23)15-11-9-14(10-12-15)17-16(18(22)21-17)13(2)25-26(6,7)20(3,4)5/h9,13,15-17H,8,10-12H2,1-7H3,(H,21,22)/t13-,15?,16+,17+/m0/s1. The first kappa shape index (κ1) is 21.2.